The number of aromatic nitrogens is 12. The molecule has 3 saturated carbocycles. The summed E-state index contributed by atoms with van der Waals surface area (Å²) in [6.45, 7) is 19.7. The van der Waals surface area contributed by atoms with Gasteiger partial charge in [0.15, 0.2) is 17.3 Å². The highest BCUT2D eigenvalue weighted by Crippen LogP contribution is 2.45. The molecule has 6 N–H and O–H groups in total. The number of fused-ring (bicyclic) bond motifs is 5. The SMILES string of the molecule is CC(=O)c1c(C)c2cnc(Nc3ccc(N4CC5CNCC(C4)C5(F)F)cn3)nc2n(C2CCCC2)c1=O.CC(=O)c1c(C)c2cnc(Nc3ccc(N4CCC5(CCNCC5)CC4)cn3)nc2n(C2CCCC2)c1=O.CC(=O)c1c(C)c2cnc(Nc3ccc(N4CCCC5(CCNCC5)C4)cn3)nc2n(C2CCCC2)c1=O. The number of Topliss-reactive ketones (excluding diaryl/α,β-unsaturated/α-hetero) is 3. The molecule has 9 aromatic rings. The summed E-state index contributed by atoms with van der Waals surface area (Å²) < 4.78 is 34.2. The number of anilines is 9. The lowest BCUT2D eigenvalue weighted by Crippen LogP contribution is -2.62. The Morgan fingerprint density at radius 2 is 0.763 bits per heavy atom. The third kappa shape index (κ3) is 15.6. The van der Waals surface area contributed by atoms with Crippen LogP contribution >= 0.6 is 0 Å². The van der Waals surface area contributed by atoms with Crippen molar-refractivity contribution in [2.24, 2.45) is 22.7 Å². The minimum Gasteiger partial charge on any atom is -0.370 e. The highest BCUT2D eigenvalue weighted by Gasteiger charge is 2.53. The van der Waals surface area contributed by atoms with Gasteiger partial charge in [0.25, 0.3) is 22.6 Å². The summed E-state index contributed by atoms with van der Waals surface area (Å²) in [5.74, 6) is -1.87. The number of hydrogen-bond donors (Lipinski definition) is 6. The summed E-state index contributed by atoms with van der Waals surface area (Å²) in [6.07, 6.45) is 32.4. The number of pyridine rings is 6. The van der Waals surface area contributed by atoms with Gasteiger partial charge in [-0.15, -0.1) is 0 Å². The van der Waals surface area contributed by atoms with Crippen molar-refractivity contribution in [3.63, 3.8) is 0 Å². The number of rotatable bonds is 15. The lowest BCUT2D eigenvalue weighted by atomic mass is 9.71. The van der Waals surface area contributed by atoms with Crippen molar-refractivity contribution in [3.05, 3.63) is 138 Å². The summed E-state index contributed by atoms with van der Waals surface area (Å²) in [5.41, 5.74) is 7.49. The van der Waals surface area contributed by atoms with E-state index in [2.05, 4.69) is 83.7 Å². The molecule has 2 unspecified atom stereocenters. The van der Waals surface area contributed by atoms with E-state index in [1.807, 2.05) is 49.3 Å². The number of carbonyl (C=O) groups excluding carboxylic acids is 3. The van der Waals surface area contributed by atoms with Crippen LogP contribution in [0.5, 0.6) is 0 Å². The number of aryl methyl sites for hydroxylation is 3. The molecule has 2 spiro atoms. The number of carbonyl (C=O) groups is 3. The lowest BCUT2D eigenvalue weighted by molar-refractivity contribution is -0.130. The van der Waals surface area contributed by atoms with E-state index in [0.717, 1.165) is 157 Å². The van der Waals surface area contributed by atoms with Gasteiger partial charge in [-0.25, -0.2) is 38.7 Å². The molecule has 27 nitrogen and oxygen atoms in total. The summed E-state index contributed by atoms with van der Waals surface area (Å²) in [7, 11) is 0. The van der Waals surface area contributed by atoms with Crippen LogP contribution in [0.15, 0.2) is 88.0 Å². The topological polar surface area (TPSA) is 315 Å². The molecule has 0 aromatic carbocycles. The molecular formula is C85H105F2N21O6. The van der Waals surface area contributed by atoms with Crippen LogP contribution in [0, 0.1) is 43.4 Å². The van der Waals surface area contributed by atoms with Crippen LogP contribution in [-0.2, 0) is 0 Å². The first-order valence-corrected chi connectivity index (χ1v) is 41.3. The summed E-state index contributed by atoms with van der Waals surface area (Å²) in [6, 6.07) is 11.9. The Morgan fingerprint density at radius 1 is 0.412 bits per heavy atom. The van der Waals surface area contributed by atoms with E-state index < -0.39 is 17.8 Å². The molecule has 3 aliphatic carbocycles. The molecule has 15 heterocycles. The Hall–Kier alpha value is -10.1. The molecule has 29 heteroatoms. The Bertz CT molecular complexity index is 5270. The Kier molecular flexibility index (Phi) is 22.3. The van der Waals surface area contributed by atoms with Crippen molar-refractivity contribution in [1.82, 2.24) is 74.5 Å². The van der Waals surface area contributed by atoms with Gasteiger partial charge in [0.1, 0.15) is 34.4 Å². The average molecular weight is 1550 g/mol. The maximum absolute atomic E-state index is 14.5. The zero-order chi connectivity index (χ0) is 79.2. The molecule has 0 radical (unpaired) electrons. The van der Waals surface area contributed by atoms with Gasteiger partial charge in [0.2, 0.25) is 17.8 Å². The Morgan fingerprint density at radius 3 is 1.11 bits per heavy atom. The number of nitrogens with one attached hydrogen (secondary N) is 6. The van der Waals surface area contributed by atoms with Gasteiger partial charge in [0.05, 0.1) is 64.2 Å². The van der Waals surface area contributed by atoms with E-state index in [4.69, 9.17) is 15.0 Å². The van der Waals surface area contributed by atoms with Gasteiger partial charge in [-0.2, -0.15) is 15.0 Å². The predicted octanol–water partition coefficient (Wildman–Crippen LogP) is 12.9. The monoisotopic (exact) mass is 1550 g/mol. The van der Waals surface area contributed by atoms with E-state index >= 15 is 0 Å². The van der Waals surface area contributed by atoms with Crippen molar-refractivity contribution in [3.8, 4) is 0 Å². The van der Waals surface area contributed by atoms with Gasteiger partial charge < -0.3 is 46.6 Å². The zero-order valence-corrected chi connectivity index (χ0v) is 66.4. The Balaban J connectivity index is 0.000000129. The molecule has 18 rings (SSSR count). The molecular weight excluding hydrogens is 1450 g/mol. The summed E-state index contributed by atoms with van der Waals surface area (Å²) >= 11 is 0. The average Bonchev–Trinajstić information content (AvgIpc) is 1.11. The first-order chi connectivity index (χ1) is 55.1. The molecule has 2 bridgehead atoms. The minimum absolute atomic E-state index is 0.00419. The van der Waals surface area contributed by atoms with Gasteiger partial charge in [-0.3, -0.25) is 42.5 Å². The predicted molar refractivity (Wildman–Crippen MR) is 440 cm³/mol. The number of ketones is 3. The molecule has 9 aliphatic rings. The van der Waals surface area contributed by atoms with Gasteiger partial charge >= 0.3 is 0 Å². The van der Waals surface area contributed by atoms with E-state index in [1.54, 1.807) is 51.5 Å². The second kappa shape index (κ2) is 32.6. The molecule has 2 atom stereocenters. The van der Waals surface area contributed by atoms with Crippen LogP contribution < -0.4 is 63.3 Å². The number of piperidine rings is 6. The Labute approximate surface area is 661 Å². The molecule has 0 amide bonds. The molecule has 9 aromatic heterocycles. The summed E-state index contributed by atoms with van der Waals surface area (Å²) in [4.78, 5) is 126. The van der Waals surface area contributed by atoms with E-state index in [9.17, 15) is 37.5 Å². The summed E-state index contributed by atoms with van der Waals surface area (Å²) in [5, 5.41) is 21.8. The lowest BCUT2D eigenvalue weighted by Gasteiger charge is -2.47. The number of hydrogen-bond acceptors (Lipinski definition) is 24. The highest BCUT2D eigenvalue weighted by atomic mass is 19.3. The number of nitrogens with zero attached hydrogens (tertiary/aromatic N) is 15. The van der Waals surface area contributed by atoms with E-state index in [0.29, 0.717) is 92.3 Å². The van der Waals surface area contributed by atoms with Crippen LogP contribution in [-0.4, -0.2) is 160 Å². The van der Waals surface area contributed by atoms with Crippen LogP contribution in [0.1, 0.15) is 215 Å². The fourth-order valence-corrected chi connectivity index (χ4v) is 19.9. The molecule has 6 aliphatic heterocycles. The van der Waals surface area contributed by atoms with Crippen molar-refractivity contribution >= 4 is 103 Å². The normalized spacial score (nSPS) is 20.9. The standard InChI is InChI=1S/2C29H37N7O2.C27H31F2N7O2/c1-19-23-17-32-28(34-26(23)36(21-6-3-4-7-21)27(38)25(19)20(2)37)33-24-9-8-22(16-31-24)35-15-5-10-29(18-35)11-13-30-14-12-29;1-19-23-18-32-28(34-26(23)36(21-5-3-4-6-21)27(38)25(19)20(2)37)33-24-8-7-22(17-31-24)35-15-11-29(12-16-35)9-13-30-14-10-29;1-15-21-12-32-26(34-24(21)36(19-5-3-4-6-19)25(38)23(15)16(2)37)33-22-8-7-20(11-31-22)35-13-17-9-30-10-18(14-35)27(17,28)29/h8-9,16-17,21,30H,3-7,10-15,18H2,1-2H3,(H,31,32,33,34);7-8,17-18,21,30H,3-6,9-16H2,1-2H3,(H,31,32,33,34);7-8,11-12,17-19,30H,3-6,9-10,13-14H2,1-2H3,(H,31,32,33,34). The van der Waals surface area contributed by atoms with E-state index in [1.165, 1.54) is 72.1 Å². The van der Waals surface area contributed by atoms with Crippen molar-refractivity contribution in [2.75, 3.05) is 109 Å². The maximum Gasteiger partial charge on any atom is 0.263 e. The third-order valence-corrected chi connectivity index (χ3v) is 26.4. The van der Waals surface area contributed by atoms with Crippen molar-refractivity contribution < 1.29 is 23.2 Å². The van der Waals surface area contributed by atoms with Crippen molar-refractivity contribution in [2.45, 2.75) is 194 Å². The first-order valence-electron chi connectivity index (χ1n) is 41.3. The molecule has 6 saturated heterocycles. The fraction of sp³-hybridized carbons (Fsp3) is 0.541. The molecule has 600 valence electrons. The van der Waals surface area contributed by atoms with Crippen molar-refractivity contribution in [1.29, 1.82) is 0 Å². The van der Waals surface area contributed by atoms with Crippen LogP contribution in [0.4, 0.5) is 61.1 Å². The van der Waals surface area contributed by atoms with Gasteiger partial charge in [0, 0.05) is 105 Å². The fourth-order valence-electron chi connectivity index (χ4n) is 19.9. The first kappa shape index (κ1) is 77.8. The second-order valence-corrected chi connectivity index (χ2v) is 33.5. The number of halogens is 2. The van der Waals surface area contributed by atoms with Crippen LogP contribution in [0.2, 0.25) is 0 Å². The maximum atomic E-state index is 14.5. The number of alkyl halides is 2. The quantitative estimate of drug-likeness (QED) is 0.0519. The van der Waals surface area contributed by atoms with Gasteiger partial charge in [-0.05, 0) is 222 Å². The second-order valence-electron chi connectivity index (χ2n) is 33.5. The zero-order valence-electron chi connectivity index (χ0n) is 66.4. The van der Waals surface area contributed by atoms with Crippen LogP contribution in [0.3, 0.4) is 0 Å². The molecule has 114 heavy (non-hydrogen) atoms. The smallest absolute Gasteiger partial charge is 0.263 e. The minimum atomic E-state index is -2.65. The van der Waals surface area contributed by atoms with Crippen LogP contribution in [0.25, 0.3) is 33.1 Å². The third-order valence-electron chi connectivity index (χ3n) is 26.4. The van der Waals surface area contributed by atoms with Gasteiger partial charge in [-0.1, -0.05) is 38.5 Å². The largest absolute Gasteiger partial charge is 0.370 e. The highest BCUT2D eigenvalue weighted by molar-refractivity contribution is 6.01. The molecule has 9 fully saturated rings. The van der Waals surface area contributed by atoms with E-state index in [-0.39, 0.29) is 87.9 Å².